The van der Waals surface area contributed by atoms with Crippen molar-refractivity contribution >= 4 is 86.3 Å². The second kappa shape index (κ2) is 9.37. The van der Waals surface area contributed by atoms with E-state index in [2.05, 4.69) is 165 Å². The second-order valence-electron chi connectivity index (χ2n) is 9.95. The number of halogens is 1. The molecule has 0 N–H and O–H groups in total. The predicted octanol–water partition coefficient (Wildman–Crippen LogP) is 11.4. The number of hydrogen-bond donors (Lipinski definition) is 0. The quantitative estimate of drug-likeness (QED) is 0.197. The average Bonchev–Trinajstić information content (AvgIpc) is 3.55. The van der Waals surface area contributed by atoms with Gasteiger partial charge in [-0.1, -0.05) is 76.6 Å². The van der Waals surface area contributed by atoms with Crippen molar-refractivity contribution in [3.8, 4) is 5.69 Å². The van der Waals surface area contributed by atoms with Gasteiger partial charge in [0.2, 0.25) is 0 Å². The Hall–Kier alpha value is -4.38. The lowest BCUT2D eigenvalue weighted by Crippen LogP contribution is -2.09. The molecule has 2 nitrogen and oxygen atoms in total. The molecule has 0 aliphatic rings. The first-order chi connectivity index (χ1) is 19.8. The zero-order chi connectivity index (χ0) is 26.6. The minimum atomic E-state index is 1.11. The fraction of sp³-hybridized carbons (Fsp3) is 0. The molecule has 8 aromatic rings. The van der Waals surface area contributed by atoms with Gasteiger partial charge in [0.25, 0.3) is 0 Å². The van der Waals surface area contributed by atoms with Crippen molar-refractivity contribution in [3.05, 3.63) is 144 Å². The van der Waals surface area contributed by atoms with E-state index in [4.69, 9.17) is 0 Å². The van der Waals surface area contributed by atoms with Crippen LogP contribution in [0.3, 0.4) is 0 Å². The Morgan fingerprint density at radius 1 is 0.500 bits per heavy atom. The van der Waals surface area contributed by atoms with E-state index in [1.54, 1.807) is 0 Å². The standard InChI is InChI=1S/C36H23BrN2S/c37-31-13-8-15-33-36(31)29-12-4-6-14-32(29)39(33)26-19-17-25(18-20-26)38(24-9-2-1-3-10-24)27-21-22-35-30(23-27)28-11-5-7-16-34(28)40-35/h1-23H. The van der Waals surface area contributed by atoms with E-state index in [1.807, 2.05) is 11.3 Å². The Morgan fingerprint density at radius 2 is 1.15 bits per heavy atom. The van der Waals surface area contributed by atoms with Crippen molar-refractivity contribution in [2.24, 2.45) is 0 Å². The molecule has 0 saturated heterocycles. The maximum Gasteiger partial charge on any atom is 0.0552 e. The van der Waals surface area contributed by atoms with Gasteiger partial charge in [0.1, 0.15) is 0 Å². The summed E-state index contributed by atoms with van der Waals surface area (Å²) in [6.07, 6.45) is 0. The van der Waals surface area contributed by atoms with E-state index in [1.165, 1.54) is 42.0 Å². The van der Waals surface area contributed by atoms with E-state index in [0.717, 1.165) is 27.2 Å². The van der Waals surface area contributed by atoms with Crippen LogP contribution >= 0.6 is 27.3 Å². The van der Waals surface area contributed by atoms with Crippen molar-refractivity contribution in [1.82, 2.24) is 4.57 Å². The fourth-order valence-electron chi connectivity index (χ4n) is 5.88. The second-order valence-corrected chi connectivity index (χ2v) is 11.9. The lowest BCUT2D eigenvalue weighted by molar-refractivity contribution is 1.17. The van der Waals surface area contributed by atoms with E-state index in [0.29, 0.717) is 0 Å². The third-order valence-electron chi connectivity index (χ3n) is 7.65. The van der Waals surface area contributed by atoms with Crippen LogP contribution in [0.15, 0.2) is 144 Å². The van der Waals surface area contributed by atoms with Gasteiger partial charge in [-0.15, -0.1) is 11.3 Å². The summed E-state index contributed by atoms with van der Waals surface area (Å²) in [5.41, 5.74) is 6.94. The number of nitrogens with zero attached hydrogens (tertiary/aromatic N) is 2. The lowest BCUT2D eigenvalue weighted by Gasteiger charge is -2.26. The largest absolute Gasteiger partial charge is 0.310 e. The SMILES string of the molecule is Brc1cccc2c1c1ccccc1n2-c1ccc(N(c2ccccc2)c2ccc3sc4ccccc4c3c2)cc1. The third-order valence-corrected chi connectivity index (χ3v) is 9.46. The Labute approximate surface area is 244 Å². The molecule has 0 radical (unpaired) electrons. The maximum absolute atomic E-state index is 3.80. The minimum absolute atomic E-state index is 1.11. The maximum atomic E-state index is 3.80. The molecule has 0 spiro atoms. The summed E-state index contributed by atoms with van der Waals surface area (Å²) < 4.78 is 6.10. The average molecular weight is 596 g/mol. The number of rotatable bonds is 4. The van der Waals surface area contributed by atoms with Crippen LogP contribution in [-0.2, 0) is 0 Å². The highest BCUT2D eigenvalue weighted by Gasteiger charge is 2.17. The van der Waals surface area contributed by atoms with Crippen LogP contribution in [0.2, 0.25) is 0 Å². The number of benzene rings is 6. The molecule has 0 bridgehead atoms. The van der Waals surface area contributed by atoms with Crippen LogP contribution in [0.5, 0.6) is 0 Å². The summed E-state index contributed by atoms with van der Waals surface area (Å²) in [6, 6.07) is 50.1. The monoisotopic (exact) mass is 594 g/mol. The highest BCUT2D eigenvalue weighted by molar-refractivity contribution is 9.10. The summed E-state index contributed by atoms with van der Waals surface area (Å²) in [4.78, 5) is 2.35. The minimum Gasteiger partial charge on any atom is -0.310 e. The van der Waals surface area contributed by atoms with Crippen LogP contribution in [0.4, 0.5) is 17.1 Å². The summed E-state index contributed by atoms with van der Waals surface area (Å²) in [5, 5.41) is 5.09. The molecule has 0 fully saturated rings. The van der Waals surface area contributed by atoms with Crippen LogP contribution in [0, 0.1) is 0 Å². The molecule has 40 heavy (non-hydrogen) atoms. The molecule has 0 amide bonds. The lowest BCUT2D eigenvalue weighted by atomic mass is 10.1. The van der Waals surface area contributed by atoms with Gasteiger partial charge in [-0.05, 0) is 78.9 Å². The van der Waals surface area contributed by atoms with Crippen molar-refractivity contribution in [3.63, 3.8) is 0 Å². The van der Waals surface area contributed by atoms with Gasteiger partial charge in [-0.3, -0.25) is 0 Å². The predicted molar refractivity (Wildman–Crippen MR) is 176 cm³/mol. The van der Waals surface area contributed by atoms with E-state index < -0.39 is 0 Å². The van der Waals surface area contributed by atoms with E-state index >= 15 is 0 Å². The van der Waals surface area contributed by atoms with Crippen LogP contribution in [0.1, 0.15) is 0 Å². The Bertz CT molecular complexity index is 2180. The van der Waals surface area contributed by atoms with Crippen molar-refractivity contribution < 1.29 is 0 Å². The molecule has 190 valence electrons. The number of hydrogen-bond acceptors (Lipinski definition) is 2. The van der Waals surface area contributed by atoms with Gasteiger partial charge in [-0.2, -0.15) is 0 Å². The normalized spacial score (nSPS) is 11.6. The van der Waals surface area contributed by atoms with Gasteiger partial charge in [0.05, 0.1) is 11.0 Å². The first-order valence-electron chi connectivity index (χ1n) is 13.3. The molecule has 2 aromatic heterocycles. The molecular weight excluding hydrogens is 572 g/mol. The molecular formula is C36H23BrN2S. The molecule has 0 saturated carbocycles. The van der Waals surface area contributed by atoms with Crippen molar-refractivity contribution in [1.29, 1.82) is 0 Å². The molecule has 0 unspecified atom stereocenters. The molecule has 0 atom stereocenters. The molecule has 2 heterocycles. The summed E-state index contributed by atoms with van der Waals surface area (Å²) in [7, 11) is 0. The van der Waals surface area contributed by atoms with Gasteiger partial charge in [0, 0.05) is 58.2 Å². The molecule has 0 aliphatic heterocycles. The van der Waals surface area contributed by atoms with Crippen LogP contribution in [0.25, 0.3) is 47.7 Å². The summed E-state index contributed by atoms with van der Waals surface area (Å²) in [6.45, 7) is 0. The molecule has 6 aromatic carbocycles. The topological polar surface area (TPSA) is 8.17 Å². The molecule has 8 rings (SSSR count). The highest BCUT2D eigenvalue weighted by Crippen LogP contribution is 2.41. The number of aromatic nitrogens is 1. The molecule has 0 aliphatic carbocycles. The first kappa shape index (κ1) is 23.5. The van der Waals surface area contributed by atoms with E-state index in [9.17, 15) is 0 Å². The first-order valence-corrected chi connectivity index (χ1v) is 14.9. The Morgan fingerprint density at radius 3 is 2.00 bits per heavy atom. The van der Waals surface area contributed by atoms with E-state index in [-0.39, 0.29) is 0 Å². The summed E-state index contributed by atoms with van der Waals surface area (Å²) in [5.74, 6) is 0. The Balaban J connectivity index is 1.29. The highest BCUT2D eigenvalue weighted by atomic mass is 79.9. The number of anilines is 3. The van der Waals surface area contributed by atoms with Gasteiger partial charge < -0.3 is 9.47 Å². The fourth-order valence-corrected chi connectivity index (χ4v) is 7.54. The van der Waals surface area contributed by atoms with Gasteiger partial charge >= 0.3 is 0 Å². The zero-order valence-corrected chi connectivity index (χ0v) is 23.9. The third kappa shape index (κ3) is 3.68. The van der Waals surface area contributed by atoms with Crippen molar-refractivity contribution in [2.45, 2.75) is 0 Å². The number of fused-ring (bicyclic) bond motifs is 6. The summed E-state index contributed by atoms with van der Waals surface area (Å²) >= 11 is 5.65. The van der Waals surface area contributed by atoms with Crippen LogP contribution in [-0.4, -0.2) is 4.57 Å². The number of thiophene rings is 1. The zero-order valence-electron chi connectivity index (χ0n) is 21.5. The number of para-hydroxylation sites is 2. The smallest absolute Gasteiger partial charge is 0.0552 e. The van der Waals surface area contributed by atoms with Crippen LogP contribution < -0.4 is 4.90 Å². The van der Waals surface area contributed by atoms with Gasteiger partial charge in [0.15, 0.2) is 0 Å². The van der Waals surface area contributed by atoms with Gasteiger partial charge in [-0.25, -0.2) is 0 Å². The molecule has 4 heteroatoms. The Kier molecular flexibility index (Phi) is 5.51. The van der Waals surface area contributed by atoms with Crippen molar-refractivity contribution in [2.75, 3.05) is 4.90 Å².